The van der Waals surface area contributed by atoms with E-state index in [9.17, 15) is 0 Å². The molecule has 0 rings (SSSR count). The first-order valence-electron chi connectivity index (χ1n) is 3.43. The van der Waals surface area contributed by atoms with Crippen LogP contribution in [0, 0.1) is 0 Å². The summed E-state index contributed by atoms with van der Waals surface area (Å²) in [6.07, 6.45) is 2.96. The summed E-state index contributed by atoms with van der Waals surface area (Å²) >= 11 is 0. The lowest BCUT2D eigenvalue weighted by Crippen LogP contribution is -2.22. The summed E-state index contributed by atoms with van der Waals surface area (Å²) < 4.78 is 0. The zero-order chi connectivity index (χ0) is 7.28. The first-order chi connectivity index (χ1) is 4.22. The van der Waals surface area contributed by atoms with Crippen LogP contribution in [-0.2, 0) is 0 Å². The molecule has 1 unspecified atom stereocenters. The van der Waals surface area contributed by atoms with Crippen molar-refractivity contribution >= 4 is 6.21 Å². The van der Waals surface area contributed by atoms with Crippen LogP contribution >= 0.6 is 0 Å². The van der Waals surface area contributed by atoms with Crippen LogP contribution in [0.3, 0.4) is 0 Å². The van der Waals surface area contributed by atoms with Crippen LogP contribution in [0.1, 0.15) is 27.2 Å². The number of rotatable bonds is 3. The van der Waals surface area contributed by atoms with Gasteiger partial charge in [0.15, 0.2) is 0 Å². The van der Waals surface area contributed by atoms with E-state index in [4.69, 9.17) is 0 Å². The van der Waals surface area contributed by atoms with Crippen molar-refractivity contribution in [3.05, 3.63) is 0 Å². The molecule has 0 aromatic heterocycles. The largest absolute Gasteiger partial charge is 0.298 e. The molecule has 0 bridgehead atoms. The van der Waals surface area contributed by atoms with Crippen LogP contribution in [0.4, 0.5) is 0 Å². The Hall–Kier alpha value is -0.530. The highest BCUT2D eigenvalue weighted by Crippen LogP contribution is 1.98. The summed E-state index contributed by atoms with van der Waals surface area (Å²) in [5.74, 6) is 0. The molecule has 0 spiro atoms. The van der Waals surface area contributed by atoms with Crippen molar-refractivity contribution in [2.24, 2.45) is 5.10 Å². The molecule has 54 valence electrons. The van der Waals surface area contributed by atoms with Gasteiger partial charge < -0.3 is 0 Å². The van der Waals surface area contributed by atoms with E-state index in [0.29, 0.717) is 6.04 Å². The SMILES string of the molecule is C/C=N/N(C)C(C)CC. The Morgan fingerprint density at radius 1 is 1.67 bits per heavy atom. The molecule has 0 fully saturated rings. The van der Waals surface area contributed by atoms with Crippen LogP contribution in [0.2, 0.25) is 0 Å². The van der Waals surface area contributed by atoms with Gasteiger partial charge >= 0.3 is 0 Å². The zero-order valence-electron chi connectivity index (χ0n) is 6.76. The Balaban J connectivity index is 3.58. The summed E-state index contributed by atoms with van der Waals surface area (Å²) in [7, 11) is 1.99. The minimum absolute atomic E-state index is 0.557. The van der Waals surface area contributed by atoms with Crippen LogP contribution in [-0.4, -0.2) is 24.3 Å². The highest BCUT2D eigenvalue weighted by atomic mass is 15.4. The molecule has 0 heterocycles. The van der Waals surface area contributed by atoms with E-state index in [1.807, 2.05) is 25.2 Å². The standard InChI is InChI=1S/C7H16N2/c1-5-7(3)9(4)8-6-2/h6-7H,5H2,1-4H3/b8-6+. The highest BCUT2D eigenvalue weighted by molar-refractivity contribution is 5.52. The third-order valence-electron chi connectivity index (χ3n) is 1.53. The van der Waals surface area contributed by atoms with Crippen LogP contribution in [0.5, 0.6) is 0 Å². The number of hydrazone groups is 1. The Bertz CT molecular complexity index is 88.9. The average Bonchev–Trinajstić information content (AvgIpc) is 1.87. The van der Waals surface area contributed by atoms with E-state index in [-0.39, 0.29) is 0 Å². The third kappa shape index (κ3) is 3.12. The van der Waals surface area contributed by atoms with E-state index >= 15 is 0 Å². The molecule has 2 heteroatoms. The molecule has 0 saturated heterocycles. The fourth-order valence-corrected chi connectivity index (χ4v) is 0.560. The monoisotopic (exact) mass is 128 g/mol. The summed E-state index contributed by atoms with van der Waals surface area (Å²) in [6.45, 7) is 6.25. The van der Waals surface area contributed by atoms with Crippen molar-refractivity contribution in [1.82, 2.24) is 5.01 Å². The molecule has 0 N–H and O–H groups in total. The Kier molecular flexibility index (Phi) is 4.10. The van der Waals surface area contributed by atoms with E-state index in [0.717, 1.165) is 6.42 Å². The molecular formula is C7H16N2. The second-order valence-electron chi connectivity index (χ2n) is 2.20. The van der Waals surface area contributed by atoms with Gasteiger partial charge in [0.2, 0.25) is 0 Å². The molecule has 9 heavy (non-hydrogen) atoms. The Labute approximate surface area is 57.6 Å². The maximum absolute atomic E-state index is 4.10. The minimum atomic E-state index is 0.557. The fourth-order valence-electron chi connectivity index (χ4n) is 0.560. The van der Waals surface area contributed by atoms with Crippen molar-refractivity contribution < 1.29 is 0 Å². The summed E-state index contributed by atoms with van der Waals surface area (Å²) in [4.78, 5) is 0. The molecule has 0 aromatic rings. The molecule has 2 nitrogen and oxygen atoms in total. The van der Waals surface area contributed by atoms with E-state index < -0.39 is 0 Å². The van der Waals surface area contributed by atoms with Crippen molar-refractivity contribution in [2.75, 3.05) is 7.05 Å². The van der Waals surface area contributed by atoms with Gasteiger partial charge in [0.25, 0.3) is 0 Å². The lowest BCUT2D eigenvalue weighted by atomic mass is 10.3. The first kappa shape index (κ1) is 8.47. The Morgan fingerprint density at radius 3 is 2.56 bits per heavy atom. The van der Waals surface area contributed by atoms with Gasteiger partial charge in [-0.05, 0) is 20.3 Å². The van der Waals surface area contributed by atoms with E-state index in [1.54, 1.807) is 0 Å². The fraction of sp³-hybridized carbons (Fsp3) is 0.857. The lowest BCUT2D eigenvalue weighted by molar-refractivity contribution is 0.266. The van der Waals surface area contributed by atoms with Crippen molar-refractivity contribution in [2.45, 2.75) is 33.2 Å². The molecular weight excluding hydrogens is 112 g/mol. The molecule has 0 radical (unpaired) electrons. The smallest absolute Gasteiger partial charge is 0.0436 e. The summed E-state index contributed by atoms with van der Waals surface area (Å²) in [5, 5.41) is 6.08. The van der Waals surface area contributed by atoms with Crippen molar-refractivity contribution in [1.29, 1.82) is 0 Å². The predicted molar refractivity (Wildman–Crippen MR) is 41.7 cm³/mol. The Morgan fingerprint density at radius 2 is 2.22 bits per heavy atom. The van der Waals surface area contributed by atoms with Crippen LogP contribution < -0.4 is 0 Å². The normalized spacial score (nSPS) is 14.2. The van der Waals surface area contributed by atoms with Gasteiger partial charge in [0.05, 0.1) is 0 Å². The molecule has 0 aromatic carbocycles. The maximum atomic E-state index is 4.10. The molecule has 0 aliphatic rings. The molecule has 0 saturated carbocycles. The molecule has 0 aliphatic heterocycles. The predicted octanol–water partition coefficient (Wildman–Crippen LogP) is 1.72. The van der Waals surface area contributed by atoms with Crippen molar-refractivity contribution in [3.63, 3.8) is 0 Å². The van der Waals surface area contributed by atoms with E-state index in [2.05, 4.69) is 18.9 Å². The van der Waals surface area contributed by atoms with Gasteiger partial charge in [-0.15, -0.1) is 0 Å². The quantitative estimate of drug-likeness (QED) is 0.417. The number of hydrogen-bond acceptors (Lipinski definition) is 2. The highest BCUT2D eigenvalue weighted by Gasteiger charge is 2.00. The lowest BCUT2D eigenvalue weighted by Gasteiger charge is -2.19. The summed E-state index contributed by atoms with van der Waals surface area (Å²) in [5.41, 5.74) is 0. The van der Waals surface area contributed by atoms with Gasteiger partial charge in [-0.3, -0.25) is 5.01 Å². The zero-order valence-corrected chi connectivity index (χ0v) is 6.76. The number of nitrogens with zero attached hydrogens (tertiary/aromatic N) is 2. The average molecular weight is 128 g/mol. The van der Waals surface area contributed by atoms with Crippen molar-refractivity contribution in [3.8, 4) is 0 Å². The van der Waals surface area contributed by atoms with Gasteiger partial charge in [0, 0.05) is 19.3 Å². The topological polar surface area (TPSA) is 15.6 Å². The van der Waals surface area contributed by atoms with Gasteiger partial charge in [-0.2, -0.15) is 5.10 Å². The van der Waals surface area contributed by atoms with Crippen LogP contribution in [0.15, 0.2) is 5.10 Å². The summed E-state index contributed by atoms with van der Waals surface area (Å²) in [6, 6.07) is 0.557. The van der Waals surface area contributed by atoms with Gasteiger partial charge in [-0.25, -0.2) is 0 Å². The molecule has 1 atom stereocenters. The maximum Gasteiger partial charge on any atom is 0.0436 e. The van der Waals surface area contributed by atoms with E-state index in [1.165, 1.54) is 0 Å². The van der Waals surface area contributed by atoms with Crippen LogP contribution in [0.25, 0.3) is 0 Å². The second-order valence-corrected chi connectivity index (χ2v) is 2.20. The third-order valence-corrected chi connectivity index (χ3v) is 1.53. The van der Waals surface area contributed by atoms with Gasteiger partial charge in [0.1, 0.15) is 0 Å². The molecule has 0 aliphatic carbocycles. The second kappa shape index (κ2) is 4.36. The minimum Gasteiger partial charge on any atom is -0.298 e. The molecule has 0 amide bonds. The first-order valence-corrected chi connectivity index (χ1v) is 3.43. The number of hydrogen-bond donors (Lipinski definition) is 0. The van der Waals surface area contributed by atoms with Gasteiger partial charge in [-0.1, -0.05) is 6.92 Å².